The molecule has 0 saturated heterocycles. The molecule has 0 spiro atoms. The molecule has 2 aliphatic rings. The van der Waals surface area contributed by atoms with Crippen LogP contribution in [0.25, 0.3) is 10.4 Å². The summed E-state index contributed by atoms with van der Waals surface area (Å²) in [7, 11) is 4.26. The molecule has 0 amide bonds. The van der Waals surface area contributed by atoms with Gasteiger partial charge in [-0.1, -0.05) is 32.0 Å². The second-order valence-electron chi connectivity index (χ2n) is 8.82. The lowest BCUT2D eigenvalue weighted by Crippen LogP contribution is -2.28. The number of thiophene rings is 1. The Hall–Kier alpha value is -1.65. The van der Waals surface area contributed by atoms with Crippen LogP contribution in [-0.4, -0.2) is 36.1 Å². The Morgan fingerprint density at radius 1 is 1.23 bits per heavy atom. The highest BCUT2D eigenvalue weighted by Gasteiger charge is 2.34. The number of fused-ring (bicyclic) bond motifs is 2. The molecule has 2 aliphatic carbocycles. The number of nitrogens with zero attached hydrogens (tertiary/aromatic N) is 1. The number of hydrogen-bond donors (Lipinski definition) is 1. The summed E-state index contributed by atoms with van der Waals surface area (Å²) in [6.45, 7) is 4.50. The molecule has 1 aromatic carbocycles. The smallest absolute Gasteiger partial charge is 0.337 e. The molecule has 2 aromatic rings. The highest BCUT2D eigenvalue weighted by molar-refractivity contribution is 7.16. The van der Waals surface area contributed by atoms with Crippen molar-refractivity contribution in [2.24, 2.45) is 5.41 Å². The second-order valence-corrected chi connectivity index (χ2v) is 9.93. The summed E-state index contributed by atoms with van der Waals surface area (Å²) in [6, 6.07) is 6.94. The number of carboxylic acid groups (broad SMARTS) is 1. The first-order valence-corrected chi connectivity index (χ1v) is 10.2. The molecule has 0 radical (unpaired) electrons. The SMILES string of the molecule is CN(C)[C@H]1Cc2cccc(-c3sc4c(c3C(=O)O)CC(C)(C)CC4)c2C1. The zero-order valence-electron chi connectivity index (χ0n) is 16.1. The molecule has 0 unspecified atom stereocenters. The average Bonchev–Trinajstić information content (AvgIpc) is 3.14. The molecule has 1 atom stereocenters. The summed E-state index contributed by atoms with van der Waals surface area (Å²) < 4.78 is 0. The van der Waals surface area contributed by atoms with Gasteiger partial charge >= 0.3 is 5.97 Å². The molecule has 0 aliphatic heterocycles. The van der Waals surface area contributed by atoms with Crippen molar-refractivity contribution in [2.75, 3.05) is 14.1 Å². The Morgan fingerprint density at radius 2 is 2.00 bits per heavy atom. The van der Waals surface area contributed by atoms with Gasteiger partial charge < -0.3 is 10.0 Å². The topological polar surface area (TPSA) is 40.5 Å². The van der Waals surface area contributed by atoms with Crippen LogP contribution in [0.2, 0.25) is 0 Å². The van der Waals surface area contributed by atoms with E-state index >= 15 is 0 Å². The number of aryl methyl sites for hydroxylation is 1. The summed E-state index contributed by atoms with van der Waals surface area (Å²) in [4.78, 5) is 16.8. The van der Waals surface area contributed by atoms with Crippen molar-refractivity contribution < 1.29 is 9.90 Å². The van der Waals surface area contributed by atoms with Crippen LogP contribution in [-0.2, 0) is 25.7 Å². The van der Waals surface area contributed by atoms with Crippen molar-refractivity contribution in [3.63, 3.8) is 0 Å². The van der Waals surface area contributed by atoms with Crippen LogP contribution in [0.4, 0.5) is 0 Å². The standard InChI is InChI=1S/C22H27NO2S/c1-22(2)9-8-18-17(12-22)19(21(24)25)20(26-18)15-7-5-6-13-10-14(23(3)4)11-16(13)15/h5-7,14H,8-12H2,1-4H3,(H,24,25)/t14-/m0/s1. The van der Waals surface area contributed by atoms with Crippen LogP contribution < -0.4 is 0 Å². The van der Waals surface area contributed by atoms with E-state index in [4.69, 9.17) is 0 Å². The molecule has 138 valence electrons. The first kappa shape index (κ1) is 17.7. The van der Waals surface area contributed by atoms with E-state index in [0.717, 1.165) is 48.1 Å². The lowest BCUT2D eigenvalue weighted by atomic mass is 9.76. The van der Waals surface area contributed by atoms with Gasteiger partial charge in [-0.3, -0.25) is 0 Å². The van der Waals surface area contributed by atoms with E-state index in [1.54, 1.807) is 11.3 Å². The third-order valence-corrected chi connectivity index (χ3v) is 7.46. The number of hydrogen-bond acceptors (Lipinski definition) is 3. The van der Waals surface area contributed by atoms with Gasteiger partial charge in [0.15, 0.2) is 0 Å². The Morgan fingerprint density at radius 3 is 2.69 bits per heavy atom. The largest absolute Gasteiger partial charge is 0.478 e. The third-order valence-electron chi connectivity index (χ3n) is 6.13. The van der Waals surface area contributed by atoms with Crippen LogP contribution in [0.5, 0.6) is 0 Å². The molecule has 1 heterocycles. The van der Waals surface area contributed by atoms with E-state index in [-0.39, 0.29) is 5.41 Å². The lowest BCUT2D eigenvalue weighted by molar-refractivity contribution is 0.0696. The first-order chi connectivity index (χ1) is 12.3. The molecule has 3 nitrogen and oxygen atoms in total. The van der Waals surface area contributed by atoms with E-state index in [0.29, 0.717) is 11.6 Å². The minimum Gasteiger partial charge on any atom is -0.478 e. The van der Waals surface area contributed by atoms with E-state index in [1.807, 2.05) is 0 Å². The van der Waals surface area contributed by atoms with Gasteiger partial charge in [-0.2, -0.15) is 0 Å². The van der Waals surface area contributed by atoms with Gasteiger partial charge in [0.25, 0.3) is 0 Å². The Labute approximate surface area is 159 Å². The third kappa shape index (κ3) is 2.89. The minimum absolute atomic E-state index is 0.185. The van der Waals surface area contributed by atoms with Gasteiger partial charge in [-0.25, -0.2) is 4.79 Å². The van der Waals surface area contributed by atoms with Crippen molar-refractivity contribution in [2.45, 2.75) is 52.0 Å². The van der Waals surface area contributed by atoms with Gasteiger partial charge in [0.1, 0.15) is 0 Å². The van der Waals surface area contributed by atoms with Crippen LogP contribution in [0, 0.1) is 5.41 Å². The number of aromatic carboxylic acids is 1. The highest BCUT2D eigenvalue weighted by atomic mass is 32.1. The normalized spacial score (nSPS) is 20.9. The summed E-state index contributed by atoms with van der Waals surface area (Å²) in [5, 5.41) is 10.0. The van der Waals surface area contributed by atoms with Crippen molar-refractivity contribution >= 4 is 17.3 Å². The van der Waals surface area contributed by atoms with E-state index in [2.05, 4.69) is 51.0 Å². The fourth-order valence-electron chi connectivity index (χ4n) is 4.54. The van der Waals surface area contributed by atoms with Crippen LogP contribution >= 0.6 is 11.3 Å². The van der Waals surface area contributed by atoms with Crippen molar-refractivity contribution in [1.29, 1.82) is 0 Å². The average molecular weight is 370 g/mol. The van der Waals surface area contributed by atoms with Gasteiger partial charge in [-0.15, -0.1) is 11.3 Å². The maximum atomic E-state index is 12.2. The van der Waals surface area contributed by atoms with Gasteiger partial charge in [0, 0.05) is 15.8 Å². The van der Waals surface area contributed by atoms with Crippen molar-refractivity contribution in [3.8, 4) is 10.4 Å². The summed E-state index contributed by atoms with van der Waals surface area (Å²) in [5.41, 5.74) is 5.73. The first-order valence-electron chi connectivity index (χ1n) is 9.42. The molecule has 1 aromatic heterocycles. The number of carbonyl (C=O) groups is 1. The number of rotatable bonds is 3. The zero-order chi connectivity index (χ0) is 18.6. The molecule has 0 bridgehead atoms. The Kier molecular flexibility index (Phi) is 4.24. The quantitative estimate of drug-likeness (QED) is 0.856. The van der Waals surface area contributed by atoms with Gasteiger partial charge in [0.2, 0.25) is 0 Å². The molecule has 4 rings (SSSR count). The number of benzene rings is 1. The maximum Gasteiger partial charge on any atom is 0.337 e. The predicted octanol–water partition coefficient (Wildman–Crippen LogP) is 4.66. The molecule has 26 heavy (non-hydrogen) atoms. The number of likely N-dealkylation sites (N-methyl/N-ethyl adjacent to an activating group) is 1. The van der Waals surface area contributed by atoms with E-state index in [1.165, 1.54) is 16.0 Å². The molecule has 0 saturated carbocycles. The van der Waals surface area contributed by atoms with Crippen LogP contribution in [0.3, 0.4) is 0 Å². The molecule has 1 N–H and O–H groups in total. The molecular formula is C22H27NO2S. The summed E-state index contributed by atoms with van der Waals surface area (Å²) >= 11 is 1.73. The zero-order valence-corrected chi connectivity index (χ0v) is 16.9. The van der Waals surface area contributed by atoms with E-state index < -0.39 is 5.97 Å². The fraction of sp³-hybridized carbons (Fsp3) is 0.500. The van der Waals surface area contributed by atoms with Crippen LogP contribution in [0.1, 0.15) is 52.2 Å². The molecule has 4 heteroatoms. The fourth-order valence-corrected chi connectivity index (χ4v) is 5.90. The van der Waals surface area contributed by atoms with Crippen molar-refractivity contribution in [3.05, 3.63) is 45.3 Å². The second kappa shape index (κ2) is 6.21. The minimum atomic E-state index is -0.769. The Balaban J connectivity index is 1.85. The Bertz CT molecular complexity index is 879. The highest BCUT2D eigenvalue weighted by Crippen LogP contribution is 2.47. The van der Waals surface area contributed by atoms with E-state index in [9.17, 15) is 9.90 Å². The van der Waals surface area contributed by atoms with Gasteiger partial charge in [0.05, 0.1) is 5.56 Å². The predicted molar refractivity (Wildman–Crippen MR) is 107 cm³/mol. The molecular weight excluding hydrogens is 342 g/mol. The monoisotopic (exact) mass is 369 g/mol. The summed E-state index contributed by atoms with van der Waals surface area (Å²) in [5.74, 6) is -0.769. The van der Waals surface area contributed by atoms with Crippen LogP contribution in [0.15, 0.2) is 18.2 Å². The lowest BCUT2D eigenvalue weighted by Gasteiger charge is -2.29. The molecule has 0 fully saturated rings. The van der Waals surface area contributed by atoms with Crippen molar-refractivity contribution in [1.82, 2.24) is 4.90 Å². The number of carboxylic acids is 1. The summed E-state index contributed by atoms with van der Waals surface area (Å²) in [6.07, 6.45) is 5.06. The maximum absolute atomic E-state index is 12.2. The van der Waals surface area contributed by atoms with Gasteiger partial charge in [-0.05, 0) is 73.9 Å².